The van der Waals surface area contributed by atoms with Crippen LogP contribution in [-0.4, -0.2) is 36.4 Å². The summed E-state index contributed by atoms with van der Waals surface area (Å²) in [5, 5.41) is 12.6. The van der Waals surface area contributed by atoms with E-state index in [-0.39, 0.29) is 19.0 Å². The van der Waals surface area contributed by atoms with Gasteiger partial charge in [-0.15, -0.1) is 11.3 Å². The van der Waals surface area contributed by atoms with Gasteiger partial charge in [-0.25, -0.2) is 4.39 Å². The molecular formula is C23H26FNO3S. The fraction of sp³-hybridized carbons (Fsp3) is 0.304. The first-order valence-corrected chi connectivity index (χ1v) is 10.4. The van der Waals surface area contributed by atoms with Gasteiger partial charge in [0.05, 0.1) is 26.4 Å². The summed E-state index contributed by atoms with van der Waals surface area (Å²) >= 11 is 1.69. The molecule has 4 nitrogen and oxygen atoms in total. The number of aliphatic hydroxyl groups is 1. The molecule has 1 unspecified atom stereocenters. The average Bonchev–Trinajstić information content (AvgIpc) is 3.23. The molecule has 0 aliphatic heterocycles. The molecule has 0 bridgehead atoms. The van der Waals surface area contributed by atoms with Gasteiger partial charge >= 0.3 is 0 Å². The van der Waals surface area contributed by atoms with E-state index in [9.17, 15) is 9.50 Å². The second-order valence-corrected chi connectivity index (χ2v) is 7.85. The summed E-state index contributed by atoms with van der Waals surface area (Å²) in [4.78, 5) is 3.39. The molecule has 3 aromatic rings. The molecule has 1 heterocycles. The highest BCUT2D eigenvalue weighted by atomic mass is 32.1. The largest absolute Gasteiger partial charge is 0.496 e. The average molecular weight is 416 g/mol. The molecule has 0 aliphatic carbocycles. The van der Waals surface area contributed by atoms with Gasteiger partial charge in [-0.05, 0) is 23.6 Å². The van der Waals surface area contributed by atoms with Crippen molar-refractivity contribution in [2.75, 3.05) is 20.3 Å². The van der Waals surface area contributed by atoms with Gasteiger partial charge in [-0.2, -0.15) is 0 Å². The van der Waals surface area contributed by atoms with Crippen LogP contribution >= 0.6 is 11.3 Å². The summed E-state index contributed by atoms with van der Waals surface area (Å²) < 4.78 is 24.7. The Morgan fingerprint density at radius 1 is 1.00 bits per heavy atom. The third-order valence-electron chi connectivity index (χ3n) is 4.54. The number of hydrogen-bond donors (Lipinski definition) is 1. The van der Waals surface area contributed by atoms with Crippen molar-refractivity contribution in [3.05, 3.63) is 87.9 Å². The smallest absolute Gasteiger partial charge is 0.128 e. The summed E-state index contributed by atoms with van der Waals surface area (Å²) in [5.41, 5.74) is 1.55. The predicted octanol–water partition coefficient (Wildman–Crippen LogP) is 4.48. The van der Waals surface area contributed by atoms with E-state index >= 15 is 0 Å². The van der Waals surface area contributed by atoms with Gasteiger partial charge in [-0.1, -0.05) is 42.5 Å². The molecule has 2 aromatic carbocycles. The van der Waals surface area contributed by atoms with Crippen LogP contribution in [0.3, 0.4) is 0 Å². The first kappa shape index (κ1) is 21.5. The van der Waals surface area contributed by atoms with Crippen molar-refractivity contribution in [1.82, 2.24) is 4.90 Å². The Balaban J connectivity index is 1.59. The predicted molar refractivity (Wildman–Crippen MR) is 113 cm³/mol. The van der Waals surface area contributed by atoms with Crippen molar-refractivity contribution in [1.29, 1.82) is 0 Å². The number of nitrogens with zero attached hydrogens (tertiary/aromatic N) is 1. The maximum atomic E-state index is 13.7. The van der Waals surface area contributed by atoms with Crippen LogP contribution in [0.2, 0.25) is 0 Å². The van der Waals surface area contributed by atoms with Gasteiger partial charge in [-0.3, -0.25) is 4.90 Å². The highest BCUT2D eigenvalue weighted by Crippen LogP contribution is 2.21. The zero-order chi connectivity index (χ0) is 20.5. The van der Waals surface area contributed by atoms with Gasteiger partial charge in [0.15, 0.2) is 0 Å². The lowest BCUT2D eigenvalue weighted by Crippen LogP contribution is -2.34. The zero-order valence-electron chi connectivity index (χ0n) is 16.5. The third-order valence-corrected chi connectivity index (χ3v) is 5.40. The van der Waals surface area contributed by atoms with Crippen molar-refractivity contribution in [2.24, 2.45) is 0 Å². The molecule has 6 heteroatoms. The van der Waals surface area contributed by atoms with E-state index in [0.717, 1.165) is 17.9 Å². The molecule has 3 rings (SSSR count). The second kappa shape index (κ2) is 11.1. The summed E-state index contributed by atoms with van der Waals surface area (Å²) in [6.07, 6.45) is -0.684. The number of para-hydroxylation sites is 1. The van der Waals surface area contributed by atoms with Gasteiger partial charge in [0, 0.05) is 35.6 Å². The van der Waals surface area contributed by atoms with Gasteiger partial charge in [0.1, 0.15) is 11.6 Å². The molecule has 0 radical (unpaired) electrons. The molecule has 1 aromatic heterocycles. The first-order valence-electron chi connectivity index (χ1n) is 9.51. The fourth-order valence-corrected chi connectivity index (χ4v) is 3.90. The van der Waals surface area contributed by atoms with Crippen LogP contribution in [0.1, 0.15) is 16.0 Å². The number of thiophene rings is 1. The van der Waals surface area contributed by atoms with Crippen LogP contribution < -0.4 is 4.74 Å². The minimum Gasteiger partial charge on any atom is -0.496 e. The monoisotopic (exact) mass is 415 g/mol. The van der Waals surface area contributed by atoms with E-state index in [1.165, 1.54) is 10.9 Å². The molecule has 1 N–H and O–H groups in total. The highest BCUT2D eigenvalue weighted by molar-refractivity contribution is 7.09. The lowest BCUT2D eigenvalue weighted by atomic mass is 10.1. The number of ether oxygens (including phenoxy) is 2. The van der Waals surface area contributed by atoms with Crippen molar-refractivity contribution in [3.63, 3.8) is 0 Å². The van der Waals surface area contributed by atoms with Crippen LogP contribution in [0.5, 0.6) is 5.75 Å². The normalized spacial score (nSPS) is 12.3. The molecule has 0 saturated heterocycles. The van der Waals surface area contributed by atoms with E-state index in [1.807, 2.05) is 35.7 Å². The Hall–Kier alpha value is -2.25. The van der Waals surface area contributed by atoms with Crippen LogP contribution in [0, 0.1) is 5.82 Å². The summed E-state index contributed by atoms with van der Waals surface area (Å²) in [6, 6.07) is 18.5. The SMILES string of the molecule is COc1ccccc1CN(Cc1cccs1)CC(O)COCc1ccccc1F. The zero-order valence-corrected chi connectivity index (χ0v) is 17.3. The Bertz CT molecular complexity index is 872. The fourth-order valence-electron chi connectivity index (χ4n) is 3.15. The quantitative estimate of drug-likeness (QED) is 0.502. The minimum atomic E-state index is -0.684. The Morgan fingerprint density at radius 3 is 2.48 bits per heavy atom. The Kier molecular flexibility index (Phi) is 8.19. The van der Waals surface area contributed by atoms with Gasteiger partial charge in [0.25, 0.3) is 0 Å². The number of aliphatic hydroxyl groups excluding tert-OH is 1. The van der Waals surface area contributed by atoms with Crippen molar-refractivity contribution < 1.29 is 19.0 Å². The summed E-state index contributed by atoms with van der Waals surface area (Å²) in [7, 11) is 1.66. The molecule has 0 fully saturated rings. The number of rotatable bonds is 11. The first-order chi connectivity index (χ1) is 14.2. The van der Waals surface area contributed by atoms with E-state index in [1.54, 1.807) is 36.6 Å². The molecular weight excluding hydrogens is 389 g/mol. The number of benzene rings is 2. The maximum absolute atomic E-state index is 13.7. The molecule has 0 aliphatic rings. The lowest BCUT2D eigenvalue weighted by molar-refractivity contribution is 0.00645. The highest BCUT2D eigenvalue weighted by Gasteiger charge is 2.16. The summed E-state index contributed by atoms with van der Waals surface area (Å²) in [6.45, 7) is 2.09. The third kappa shape index (κ3) is 6.65. The van der Waals surface area contributed by atoms with Crippen molar-refractivity contribution >= 4 is 11.3 Å². The van der Waals surface area contributed by atoms with Crippen LogP contribution in [0.25, 0.3) is 0 Å². The van der Waals surface area contributed by atoms with E-state index in [2.05, 4.69) is 11.0 Å². The minimum absolute atomic E-state index is 0.140. The van der Waals surface area contributed by atoms with Crippen LogP contribution in [0.4, 0.5) is 4.39 Å². The standard InChI is InChI=1S/C23H26FNO3S/c1-27-23-11-5-3-7-18(23)13-25(15-21-9-6-12-29-21)14-20(26)17-28-16-19-8-2-4-10-22(19)24/h2-12,20,26H,13-17H2,1H3. The molecule has 0 spiro atoms. The van der Waals surface area contributed by atoms with Crippen molar-refractivity contribution in [2.45, 2.75) is 25.8 Å². The Labute approximate surface area is 175 Å². The van der Waals surface area contributed by atoms with E-state index in [0.29, 0.717) is 18.7 Å². The number of hydrogen-bond acceptors (Lipinski definition) is 5. The van der Waals surface area contributed by atoms with Crippen LogP contribution in [0.15, 0.2) is 66.0 Å². The van der Waals surface area contributed by atoms with Crippen molar-refractivity contribution in [3.8, 4) is 5.75 Å². The molecule has 154 valence electrons. The van der Waals surface area contributed by atoms with E-state index in [4.69, 9.17) is 9.47 Å². The summed E-state index contributed by atoms with van der Waals surface area (Å²) in [5.74, 6) is 0.534. The maximum Gasteiger partial charge on any atom is 0.128 e. The molecule has 0 amide bonds. The Morgan fingerprint density at radius 2 is 1.76 bits per heavy atom. The number of methoxy groups -OCH3 is 1. The number of halogens is 1. The molecule has 29 heavy (non-hydrogen) atoms. The molecule has 0 saturated carbocycles. The topological polar surface area (TPSA) is 41.9 Å². The van der Waals surface area contributed by atoms with Gasteiger partial charge in [0.2, 0.25) is 0 Å². The van der Waals surface area contributed by atoms with Gasteiger partial charge < -0.3 is 14.6 Å². The second-order valence-electron chi connectivity index (χ2n) is 6.82. The van der Waals surface area contributed by atoms with Crippen LogP contribution in [-0.2, 0) is 24.4 Å². The van der Waals surface area contributed by atoms with E-state index < -0.39 is 6.10 Å². The molecule has 1 atom stereocenters. The lowest BCUT2D eigenvalue weighted by Gasteiger charge is -2.25.